The minimum Gasteiger partial charge on any atom is -0.380 e. The second kappa shape index (κ2) is 5.65. The fourth-order valence-corrected chi connectivity index (χ4v) is 3.70. The van der Waals surface area contributed by atoms with Crippen LogP contribution in [0.25, 0.3) is 0 Å². The largest absolute Gasteiger partial charge is 0.380 e. The van der Waals surface area contributed by atoms with Crippen LogP contribution in [0.4, 0.5) is 0 Å². The van der Waals surface area contributed by atoms with Gasteiger partial charge in [0.15, 0.2) is 0 Å². The maximum atomic E-state index is 10.3. The molecule has 92 valence electrons. The molecular weight excluding hydrogens is 368 g/mol. The molecule has 0 saturated heterocycles. The summed E-state index contributed by atoms with van der Waals surface area (Å²) in [5.74, 6) is 0.702. The minimum atomic E-state index is -0.663. The van der Waals surface area contributed by atoms with Crippen LogP contribution in [-0.4, -0.2) is 14.7 Å². The van der Waals surface area contributed by atoms with Crippen molar-refractivity contribution in [2.75, 3.05) is 0 Å². The summed E-state index contributed by atoms with van der Waals surface area (Å²) in [7, 11) is 0. The third kappa shape index (κ3) is 2.81. The summed E-state index contributed by atoms with van der Waals surface area (Å²) in [6.45, 7) is 2.98. The van der Waals surface area contributed by atoms with Crippen LogP contribution in [0.2, 0.25) is 0 Å². The van der Waals surface area contributed by atoms with Crippen molar-refractivity contribution in [3.05, 3.63) is 37.4 Å². The van der Waals surface area contributed by atoms with Gasteiger partial charge in [0.1, 0.15) is 11.9 Å². The minimum absolute atomic E-state index is 0.663. The second-order valence-electron chi connectivity index (χ2n) is 3.65. The summed E-state index contributed by atoms with van der Waals surface area (Å²) in [5, 5.41) is 10.3. The van der Waals surface area contributed by atoms with E-state index in [9.17, 15) is 5.11 Å². The van der Waals surface area contributed by atoms with Crippen molar-refractivity contribution in [1.82, 2.24) is 9.55 Å². The quantitative estimate of drug-likeness (QED) is 0.872. The summed E-state index contributed by atoms with van der Waals surface area (Å²) < 4.78 is 3.94. The number of thiophene rings is 1. The zero-order valence-electron chi connectivity index (χ0n) is 9.23. The molecule has 2 heterocycles. The van der Waals surface area contributed by atoms with Crippen molar-refractivity contribution >= 4 is 43.2 Å². The fourth-order valence-electron chi connectivity index (χ4n) is 1.62. The zero-order valence-corrected chi connectivity index (χ0v) is 13.2. The normalized spacial score (nSPS) is 12.9. The molecule has 1 atom stereocenters. The summed E-state index contributed by atoms with van der Waals surface area (Å²) >= 11 is 8.37. The highest BCUT2D eigenvalue weighted by atomic mass is 79.9. The summed E-state index contributed by atoms with van der Waals surface area (Å²) in [6.07, 6.45) is 3.99. The SMILES string of the molecule is CCCn1ccnc1C(O)c1cc(Br)c(Br)s1. The van der Waals surface area contributed by atoms with Crippen molar-refractivity contribution in [1.29, 1.82) is 0 Å². The van der Waals surface area contributed by atoms with Crippen LogP contribution in [0.15, 0.2) is 26.7 Å². The molecule has 2 aromatic heterocycles. The molecule has 2 rings (SSSR count). The van der Waals surface area contributed by atoms with Gasteiger partial charge in [-0.15, -0.1) is 11.3 Å². The number of nitrogens with zero attached hydrogens (tertiary/aromatic N) is 2. The molecule has 2 aromatic rings. The van der Waals surface area contributed by atoms with E-state index in [0.29, 0.717) is 5.82 Å². The molecule has 0 saturated carbocycles. The number of aliphatic hydroxyl groups is 1. The molecule has 0 aliphatic heterocycles. The van der Waals surface area contributed by atoms with E-state index in [2.05, 4.69) is 43.8 Å². The van der Waals surface area contributed by atoms with Crippen LogP contribution < -0.4 is 0 Å². The van der Waals surface area contributed by atoms with Gasteiger partial charge in [0.05, 0.1) is 3.79 Å². The standard InChI is InChI=1S/C11H12Br2N2OS/c1-2-4-15-5-3-14-11(15)9(16)8-6-7(12)10(13)17-8/h3,5-6,9,16H,2,4H2,1H3. The van der Waals surface area contributed by atoms with E-state index in [1.807, 2.05) is 16.8 Å². The molecule has 0 aliphatic rings. The number of aliphatic hydroxyl groups excluding tert-OH is 1. The Morgan fingerprint density at radius 3 is 2.88 bits per heavy atom. The van der Waals surface area contributed by atoms with Gasteiger partial charge < -0.3 is 9.67 Å². The molecule has 0 amide bonds. The number of imidazole rings is 1. The fraction of sp³-hybridized carbons (Fsp3) is 0.364. The number of halogens is 2. The lowest BCUT2D eigenvalue weighted by molar-refractivity contribution is 0.208. The molecule has 0 aliphatic carbocycles. The maximum Gasteiger partial charge on any atom is 0.146 e. The molecule has 1 unspecified atom stereocenters. The number of aromatic nitrogens is 2. The topological polar surface area (TPSA) is 38.0 Å². The van der Waals surface area contributed by atoms with Gasteiger partial charge in [-0.25, -0.2) is 4.98 Å². The summed E-state index contributed by atoms with van der Waals surface area (Å²) in [4.78, 5) is 5.12. The summed E-state index contributed by atoms with van der Waals surface area (Å²) in [5.41, 5.74) is 0. The van der Waals surface area contributed by atoms with Crippen LogP contribution >= 0.6 is 43.2 Å². The molecule has 17 heavy (non-hydrogen) atoms. The highest BCUT2D eigenvalue weighted by Crippen LogP contribution is 2.37. The number of hydrogen-bond donors (Lipinski definition) is 1. The monoisotopic (exact) mass is 378 g/mol. The van der Waals surface area contributed by atoms with Crippen molar-refractivity contribution in [3.63, 3.8) is 0 Å². The highest BCUT2D eigenvalue weighted by Gasteiger charge is 2.19. The average molecular weight is 380 g/mol. The Hall–Kier alpha value is -0.170. The van der Waals surface area contributed by atoms with Gasteiger partial charge in [-0.05, 0) is 44.3 Å². The number of aryl methyl sites for hydroxylation is 1. The summed E-state index contributed by atoms with van der Waals surface area (Å²) in [6, 6.07) is 1.92. The molecular formula is C11H12Br2N2OS. The maximum absolute atomic E-state index is 10.3. The van der Waals surface area contributed by atoms with E-state index in [1.54, 1.807) is 6.20 Å². The predicted molar refractivity (Wildman–Crippen MR) is 76.3 cm³/mol. The third-order valence-electron chi connectivity index (χ3n) is 2.39. The lowest BCUT2D eigenvalue weighted by atomic mass is 10.2. The molecule has 0 fully saturated rings. The third-order valence-corrected chi connectivity index (χ3v) is 5.70. The van der Waals surface area contributed by atoms with Crippen LogP contribution in [0.3, 0.4) is 0 Å². The van der Waals surface area contributed by atoms with E-state index in [0.717, 1.165) is 26.1 Å². The van der Waals surface area contributed by atoms with Gasteiger partial charge in [-0.1, -0.05) is 6.92 Å². The van der Waals surface area contributed by atoms with E-state index < -0.39 is 6.10 Å². The first-order valence-electron chi connectivity index (χ1n) is 5.27. The molecule has 0 spiro atoms. The Morgan fingerprint density at radius 2 is 2.29 bits per heavy atom. The smallest absolute Gasteiger partial charge is 0.146 e. The van der Waals surface area contributed by atoms with Crippen molar-refractivity contribution < 1.29 is 5.11 Å². The predicted octanol–water partition coefficient (Wildman–Crippen LogP) is 3.96. The highest BCUT2D eigenvalue weighted by molar-refractivity contribution is 9.13. The van der Waals surface area contributed by atoms with Crippen molar-refractivity contribution in [2.45, 2.75) is 26.0 Å². The second-order valence-corrected chi connectivity index (χ2v) is 6.91. The van der Waals surface area contributed by atoms with Gasteiger partial charge >= 0.3 is 0 Å². The van der Waals surface area contributed by atoms with Gasteiger partial charge in [0.2, 0.25) is 0 Å². The van der Waals surface area contributed by atoms with Crippen LogP contribution in [0.1, 0.15) is 30.2 Å². The van der Waals surface area contributed by atoms with Crippen LogP contribution in [0.5, 0.6) is 0 Å². The van der Waals surface area contributed by atoms with Crippen LogP contribution in [0, 0.1) is 0 Å². The Labute approximate surface area is 121 Å². The molecule has 1 N–H and O–H groups in total. The first-order valence-corrected chi connectivity index (χ1v) is 7.67. The van der Waals surface area contributed by atoms with E-state index >= 15 is 0 Å². The zero-order chi connectivity index (χ0) is 12.4. The van der Waals surface area contributed by atoms with Crippen molar-refractivity contribution in [2.24, 2.45) is 0 Å². The van der Waals surface area contributed by atoms with Gasteiger partial charge in [0.25, 0.3) is 0 Å². The van der Waals surface area contributed by atoms with E-state index in [4.69, 9.17) is 0 Å². The lowest BCUT2D eigenvalue weighted by Gasteiger charge is -2.10. The molecule has 0 radical (unpaired) electrons. The molecule has 0 aromatic carbocycles. The first kappa shape index (κ1) is 13.3. The number of hydrogen-bond acceptors (Lipinski definition) is 3. The lowest BCUT2D eigenvalue weighted by Crippen LogP contribution is -2.08. The Bertz CT molecular complexity index is 490. The van der Waals surface area contributed by atoms with Gasteiger partial charge in [-0.3, -0.25) is 0 Å². The van der Waals surface area contributed by atoms with Crippen molar-refractivity contribution in [3.8, 4) is 0 Å². The van der Waals surface area contributed by atoms with Crippen LogP contribution in [-0.2, 0) is 6.54 Å². The van der Waals surface area contributed by atoms with Gasteiger partial charge in [-0.2, -0.15) is 0 Å². The Morgan fingerprint density at radius 1 is 1.53 bits per heavy atom. The molecule has 0 bridgehead atoms. The molecule has 6 heteroatoms. The Kier molecular flexibility index (Phi) is 4.41. The van der Waals surface area contributed by atoms with Gasteiger partial charge in [0, 0.05) is 28.3 Å². The average Bonchev–Trinajstić information content (AvgIpc) is 2.87. The number of rotatable bonds is 4. The Balaban J connectivity index is 2.29. The first-order chi connectivity index (χ1) is 8.13. The van der Waals surface area contributed by atoms with E-state index in [-0.39, 0.29) is 0 Å². The van der Waals surface area contributed by atoms with E-state index in [1.165, 1.54) is 11.3 Å². The molecule has 3 nitrogen and oxygen atoms in total.